The van der Waals surface area contributed by atoms with E-state index in [-0.39, 0.29) is 23.6 Å². The Morgan fingerprint density at radius 2 is 2.05 bits per heavy atom. The number of nitrogens with zero attached hydrogens (tertiary/aromatic N) is 3. The Kier molecular flexibility index (Phi) is 3.68. The smallest absolute Gasteiger partial charge is 0.362 e. The van der Waals surface area contributed by atoms with Crippen LogP contribution in [-0.2, 0) is 12.7 Å². The summed E-state index contributed by atoms with van der Waals surface area (Å²) in [6.45, 7) is 1.41. The summed E-state index contributed by atoms with van der Waals surface area (Å²) in [7, 11) is 0. The molecule has 2 rings (SSSR count). The van der Waals surface area contributed by atoms with Crippen LogP contribution >= 0.6 is 0 Å². The van der Waals surface area contributed by atoms with Crippen LogP contribution < -0.4 is 10.9 Å². The van der Waals surface area contributed by atoms with Gasteiger partial charge in [-0.15, -0.1) is 5.10 Å². The number of halogens is 3. The Hall–Kier alpha value is -2.45. The van der Waals surface area contributed by atoms with Crippen molar-refractivity contribution >= 4 is 5.82 Å². The lowest BCUT2D eigenvalue weighted by molar-refractivity contribution is -0.137. The third-order valence-corrected chi connectivity index (χ3v) is 2.40. The van der Waals surface area contributed by atoms with Crippen molar-refractivity contribution in [2.24, 2.45) is 0 Å². The van der Waals surface area contributed by atoms with Crippen LogP contribution in [0.4, 0.5) is 19.0 Å². The molecule has 0 bridgehead atoms. The first kappa shape index (κ1) is 14.0. The summed E-state index contributed by atoms with van der Waals surface area (Å²) in [6, 6.07) is 3.55. The quantitative estimate of drug-likeness (QED) is 0.892. The lowest BCUT2D eigenvalue weighted by Crippen LogP contribution is -2.15. The number of H-pyrrole nitrogens is 1. The maximum Gasteiger partial charge on any atom is 0.420 e. The highest BCUT2D eigenvalue weighted by atomic mass is 19.4. The van der Waals surface area contributed by atoms with Crippen LogP contribution in [-0.4, -0.2) is 20.4 Å². The highest BCUT2D eigenvalue weighted by molar-refractivity contribution is 5.45. The lowest BCUT2D eigenvalue weighted by atomic mass is 10.2. The first-order valence-electron chi connectivity index (χ1n) is 5.56. The van der Waals surface area contributed by atoms with Gasteiger partial charge in [-0.1, -0.05) is 0 Å². The highest BCUT2D eigenvalue weighted by Gasteiger charge is 2.34. The van der Waals surface area contributed by atoms with Gasteiger partial charge in [-0.2, -0.15) is 23.4 Å². The van der Waals surface area contributed by atoms with Gasteiger partial charge in [0.2, 0.25) is 0 Å². The van der Waals surface area contributed by atoms with E-state index in [0.717, 1.165) is 6.07 Å². The van der Waals surface area contributed by atoms with Gasteiger partial charge in [-0.25, -0.2) is 5.10 Å². The predicted molar refractivity (Wildman–Crippen MR) is 64.0 cm³/mol. The van der Waals surface area contributed by atoms with E-state index in [1.165, 1.54) is 19.1 Å². The van der Waals surface area contributed by atoms with E-state index in [1.807, 2.05) is 0 Å². The van der Waals surface area contributed by atoms with Gasteiger partial charge in [0.05, 0.1) is 17.9 Å². The van der Waals surface area contributed by atoms with Gasteiger partial charge >= 0.3 is 6.18 Å². The molecule has 0 atom stereocenters. The minimum absolute atomic E-state index is 0.0163. The summed E-state index contributed by atoms with van der Waals surface area (Å²) in [6.07, 6.45) is -4.53. The van der Waals surface area contributed by atoms with Gasteiger partial charge < -0.3 is 5.32 Å². The molecule has 0 amide bonds. The Morgan fingerprint density at radius 3 is 2.65 bits per heavy atom. The molecule has 0 unspecified atom stereocenters. The second-order valence-corrected chi connectivity index (χ2v) is 4.01. The van der Waals surface area contributed by atoms with Crippen molar-refractivity contribution in [3.63, 3.8) is 0 Å². The first-order chi connectivity index (χ1) is 9.36. The van der Waals surface area contributed by atoms with Crippen LogP contribution in [0.25, 0.3) is 0 Å². The van der Waals surface area contributed by atoms with Gasteiger partial charge in [-0.3, -0.25) is 4.79 Å². The number of hydrogen-bond donors (Lipinski definition) is 2. The number of alkyl halides is 3. The summed E-state index contributed by atoms with van der Waals surface area (Å²) in [5, 5.41) is 15.4. The molecule has 0 aromatic carbocycles. The monoisotopic (exact) mass is 285 g/mol. The fraction of sp³-hybridized carbons (Fsp3) is 0.273. The standard InChI is InChI=1S/C11H10F3N5O/c1-6-4-8(11(12,13)14)10(19-16-6)15-5-7-2-3-9(20)18-17-7/h2-4H,5H2,1H3,(H,15,19)(H,18,20). The number of hydrogen-bond acceptors (Lipinski definition) is 5. The molecule has 2 heterocycles. The SMILES string of the molecule is Cc1cc(C(F)(F)F)c(NCc2ccc(=O)[nH]n2)nn1. The number of nitrogens with one attached hydrogen (secondary N) is 2. The molecule has 0 aliphatic carbocycles. The molecule has 2 N–H and O–H groups in total. The Labute approximate surface area is 111 Å². The van der Waals surface area contributed by atoms with E-state index < -0.39 is 11.7 Å². The van der Waals surface area contributed by atoms with Crippen molar-refractivity contribution in [1.29, 1.82) is 0 Å². The Bertz CT molecular complexity index is 647. The van der Waals surface area contributed by atoms with Crippen LogP contribution in [0.1, 0.15) is 17.0 Å². The van der Waals surface area contributed by atoms with Gasteiger partial charge in [0.15, 0.2) is 5.82 Å². The van der Waals surface area contributed by atoms with Crippen molar-refractivity contribution in [3.05, 3.63) is 45.5 Å². The molecule has 0 saturated heterocycles. The summed E-state index contributed by atoms with van der Waals surface area (Å²) in [5.74, 6) is -0.379. The zero-order chi connectivity index (χ0) is 14.8. The molecule has 6 nitrogen and oxygen atoms in total. The Morgan fingerprint density at radius 1 is 1.30 bits per heavy atom. The van der Waals surface area contributed by atoms with Gasteiger partial charge in [0.25, 0.3) is 5.56 Å². The van der Waals surface area contributed by atoms with Crippen LogP contribution in [0.15, 0.2) is 23.0 Å². The molecule has 0 aliphatic rings. The second kappa shape index (κ2) is 5.27. The van der Waals surface area contributed by atoms with Crippen molar-refractivity contribution in [2.45, 2.75) is 19.6 Å². The van der Waals surface area contributed by atoms with Gasteiger partial charge in [0, 0.05) is 6.07 Å². The third-order valence-electron chi connectivity index (χ3n) is 2.40. The average molecular weight is 285 g/mol. The van der Waals surface area contributed by atoms with Crippen LogP contribution in [0.3, 0.4) is 0 Å². The molecular formula is C11H10F3N5O. The van der Waals surface area contributed by atoms with E-state index >= 15 is 0 Å². The number of rotatable bonds is 3. The van der Waals surface area contributed by atoms with E-state index in [1.54, 1.807) is 0 Å². The molecule has 2 aromatic heterocycles. The normalized spacial score (nSPS) is 11.4. The molecular weight excluding hydrogens is 275 g/mol. The highest BCUT2D eigenvalue weighted by Crippen LogP contribution is 2.33. The topological polar surface area (TPSA) is 83.6 Å². The van der Waals surface area contributed by atoms with Crippen molar-refractivity contribution in [3.8, 4) is 0 Å². The third kappa shape index (κ3) is 3.31. The van der Waals surface area contributed by atoms with Gasteiger partial charge in [0.1, 0.15) is 5.56 Å². The predicted octanol–water partition coefficient (Wildman–Crippen LogP) is 1.50. The largest absolute Gasteiger partial charge is 0.420 e. The molecule has 20 heavy (non-hydrogen) atoms. The van der Waals surface area contributed by atoms with E-state index in [2.05, 4.69) is 25.7 Å². The van der Waals surface area contributed by atoms with E-state index in [9.17, 15) is 18.0 Å². The molecule has 0 saturated carbocycles. The number of aryl methyl sites for hydroxylation is 1. The summed E-state index contributed by atoms with van der Waals surface area (Å²) < 4.78 is 38.5. The van der Waals surface area contributed by atoms with Crippen LogP contribution in [0.2, 0.25) is 0 Å². The zero-order valence-corrected chi connectivity index (χ0v) is 10.3. The molecule has 2 aromatic rings. The lowest BCUT2D eigenvalue weighted by Gasteiger charge is -2.12. The first-order valence-corrected chi connectivity index (χ1v) is 5.56. The molecule has 0 spiro atoms. The van der Waals surface area contributed by atoms with Crippen molar-refractivity contribution < 1.29 is 13.2 Å². The fourth-order valence-electron chi connectivity index (χ4n) is 1.48. The van der Waals surface area contributed by atoms with Crippen LogP contribution in [0, 0.1) is 6.92 Å². The van der Waals surface area contributed by atoms with Crippen molar-refractivity contribution in [2.75, 3.05) is 5.32 Å². The average Bonchev–Trinajstić information content (AvgIpc) is 2.38. The summed E-state index contributed by atoms with van der Waals surface area (Å²) in [5.41, 5.74) is -0.737. The second-order valence-electron chi connectivity index (χ2n) is 4.01. The number of anilines is 1. The number of aromatic amines is 1. The molecule has 0 aliphatic heterocycles. The molecule has 9 heteroatoms. The molecule has 0 fully saturated rings. The van der Waals surface area contributed by atoms with E-state index in [0.29, 0.717) is 5.69 Å². The number of aromatic nitrogens is 4. The van der Waals surface area contributed by atoms with Crippen molar-refractivity contribution in [1.82, 2.24) is 20.4 Å². The minimum atomic E-state index is -4.53. The molecule has 106 valence electrons. The summed E-state index contributed by atoms with van der Waals surface area (Å²) >= 11 is 0. The summed E-state index contributed by atoms with van der Waals surface area (Å²) in [4.78, 5) is 10.8. The Balaban J connectivity index is 2.21. The minimum Gasteiger partial charge on any atom is -0.362 e. The van der Waals surface area contributed by atoms with E-state index in [4.69, 9.17) is 0 Å². The zero-order valence-electron chi connectivity index (χ0n) is 10.3. The maximum atomic E-state index is 12.8. The van der Waals surface area contributed by atoms with Crippen LogP contribution in [0.5, 0.6) is 0 Å². The molecule has 0 radical (unpaired) electrons. The fourth-order valence-corrected chi connectivity index (χ4v) is 1.48. The maximum absolute atomic E-state index is 12.8. The van der Waals surface area contributed by atoms with Gasteiger partial charge in [-0.05, 0) is 19.1 Å².